The van der Waals surface area contributed by atoms with E-state index in [9.17, 15) is 18.8 Å². The van der Waals surface area contributed by atoms with E-state index in [1.807, 2.05) is 0 Å². The molecule has 2 aliphatic rings. The van der Waals surface area contributed by atoms with Crippen molar-refractivity contribution in [2.45, 2.75) is 50.4 Å². The lowest BCUT2D eigenvalue weighted by Gasteiger charge is -2.44. The number of carbonyl (C=O) groups excluding carboxylic acids is 3. The number of benzene rings is 1. The number of hydrogen-bond acceptors (Lipinski definition) is 4. The lowest BCUT2D eigenvalue weighted by molar-refractivity contribution is -0.151. The summed E-state index contributed by atoms with van der Waals surface area (Å²) < 4.78 is 13.0. The van der Waals surface area contributed by atoms with Crippen molar-refractivity contribution in [1.82, 2.24) is 20.9 Å². The number of rotatable bonds is 5. The van der Waals surface area contributed by atoms with Crippen molar-refractivity contribution in [2.24, 2.45) is 0 Å². The maximum Gasteiger partial charge on any atom is 0.246 e. The average Bonchev–Trinajstić information content (AvgIpc) is 2.66. The molecule has 4 atom stereocenters. The molecule has 0 aliphatic carbocycles. The van der Waals surface area contributed by atoms with Gasteiger partial charge in [-0.05, 0) is 44.5 Å². The summed E-state index contributed by atoms with van der Waals surface area (Å²) in [4.78, 5) is 39.0. The predicted octanol–water partition coefficient (Wildman–Crippen LogP) is -0.0497. The fraction of sp³-hybridized carbons (Fsp3) is 0.526. The summed E-state index contributed by atoms with van der Waals surface area (Å²) >= 11 is 0. The summed E-state index contributed by atoms with van der Waals surface area (Å²) in [5.41, 5.74) is 0.789. The number of likely N-dealkylation sites (N-methyl/N-ethyl adjacent to an activating group) is 1. The van der Waals surface area contributed by atoms with Crippen LogP contribution in [0, 0.1) is 5.82 Å². The number of nitrogens with zero attached hydrogens (tertiary/aromatic N) is 1. The lowest BCUT2D eigenvalue weighted by Crippen LogP contribution is -2.67. The molecular weight excluding hydrogens is 351 g/mol. The fourth-order valence-electron chi connectivity index (χ4n) is 3.59. The highest BCUT2D eigenvalue weighted by atomic mass is 19.1. The van der Waals surface area contributed by atoms with Gasteiger partial charge in [-0.3, -0.25) is 14.4 Å². The monoisotopic (exact) mass is 376 g/mol. The van der Waals surface area contributed by atoms with Gasteiger partial charge in [-0.15, -0.1) is 0 Å². The van der Waals surface area contributed by atoms with Crippen LogP contribution in [-0.4, -0.2) is 60.4 Å². The number of amides is 3. The maximum absolute atomic E-state index is 13.0. The SMILES string of the molecule is CN[C@@H](C)C(=O)N[C@@H]1CCN2C(=O)[C@H](Cc3ccc(F)cc3)NC(=O)[C@@H]2C1. The molecule has 2 heterocycles. The zero-order valence-electron chi connectivity index (χ0n) is 15.5. The highest BCUT2D eigenvalue weighted by molar-refractivity contribution is 5.97. The van der Waals surface area contributed by atoms with E-state index in [0.29, 0.717) is 25.8 Å². The second-order valence-corrected chi connectivity index (χ2v) is 7.18. The van der Waals surface area contributed by atoms with Gasteiger partial charge in [0.1, 0.15) is 17.9 Å². The molecule has 3 rings (SSSR count). The Bertz CT molecular complexity index is 724. The molecule has 0 unspecified atom stereocenters. The molecule has 3 N–H and O–H groups in total. The highest BCUT2D eigenvalue weighted by Gasteiger charge is 2.44. The number of carbonyl (C=O) groups is 3. The summed E-state index contributed by atoms with van der Waals surface area (Å²) in [7, 11) is 1.71. The van der Waals surface area contributed by atoms with Crippen LogP contribution in [0.4, 0.5) is 4.39 Å². The van der Waals surface area contributed by atoms with E-state index >= 15 is 0 Å². The van der Waals surface area contributed by atoms with Crippen molar-refractivity contribution in [2.75, 3.05) is 13.6 Å². The standard InChI is InChI=1S/C19H25FN4O3/c1-11(21-2)17(25)22-14-7-8-24-16(10-14)18(26)23-15(19(24)27)9-12-3-5-13(20)6-4-12/h3-6,11,14-16,21H,7-10H2,1-2H3,(H,22,25)(H,23,26)/t11-,14+,15-,16-/m0/s1. The van der Waals surface area contributed by atoms with Crippen molar-refractivity contribution in [3.05, 3.63) is 35.6 Å². The van der Waals surface area contributed by atoms with E-state index < -0.39 is 12.1 Å². The number of piperidine rings is 1. The third-order valence-electron chi connectivity index (χ3n) is 5.33. The van der Waals surface area contributed by atoms with Gasteiger partial charge in [0, 0.05) is 19.0 Å². The topological polar surface area (TPSA) is 90.5 Å². The molecule has 27 heavy (non-hydrogen) atoms. The van der Waals surface area contributed by atoms with Gasteiger partial charge < -0.3 is 20.9 Å². The molecule has 1 aromatic rings. The zero-order chi connectivity index (χ0) is 19.6. The number of piperazine rings is 1. The molecule has 8 heteroatoms. The molecule has 2 fully saturated rings. The van der Waals surface area contributed by atoms with Crippen LogP contribution in [0.1, 0.15) is 25.3 Å². The van der Waals surface area contributed by atoms with Crippen molar-refractivity contribution in [3.8, 4) is 0 Å². The van der Waals surface area contributed by atoms with Crippen LogP contribution in [0.25, 0.3) is 0 Å². The first-order valence-corrected chi connectivity index (χ1v) is 9.22. The predicted molar refractivity (Wildman–Crippen MR) is 97.2 cm³/mol. The number of nitrogens with one attached hydrogen (secondary N) is 3. The zero-order valence-corrected chi connectivity index (χ0v) is 15.5. The van der Waals surface area contributed by atoms with Crippen LogP contribution in [0.15, 0.2) is 24.3 Å². The lowest BCUT2D eigenvalue weighted by atomic mass is 9.91. The van der Waals surface area contributed by atoms with Crippen LogP contribution in [0.3, 0.4) is 0 Å². The van der Waals surface area contributed by atoms with Gasteiger partial charge in [-0.2, -0.15) is 0 Å². The minimum absolute atomic E-state index is 0.118. The molecule has 2 saturated heterocycles. The number of halogens is 1. The van der Waals surface area contributed by atoms with Crippen molar-refractivity contribution >= 4 is 17.7 Å². The largest absolute Gasteiger partial charge is 0.352 e. The number of hydrogen-bond donors (Lipinski definition) is 3. The fourth-order valence-corrected chi connectivity index (χ4v) is 3.59. The first-order valence-electron chi connectivity index (χ1n) is 9.22. The van der Waals surface area contributed by atoms with Crippen LogP contribution in [0.2, 0.25) is 0 Å². The third-order valence-corrected chi connectivity index (χ3v) is 5.33. The smallest absolute Gasteiger partial charge is 0.246 e. The quantitative estimate of drug-likeness (QED) is 0.672. The Morgan fingerprint density at radius 2 is 2.04 bits per heavy atom. The van der Waals surface area contributed by atoms with Crippen molar-refractivity contribution in [1.29, 1.82) is 0 Å². The van der Waals surface area contributed by atoms with Gasteiger partial charge in [-0.25, -0.2) is 4.39 Å². The minimum atomic E-state index is -0.644. The normalized spacial score (nSPS) is 26.2. The van der Waals surface area contributed by atoms with E-state index in [1.165, 1.54) is 12.1 Å². The summed E-state index contributed by atoms with van der Waals surface area (Å²) in [6, 6.07) is 4.26. The Hall–Kier alpha value is -2.48. The van der Waals surface area contributed by atoms with E-state index in [2.05, 4.69) is 16.0 Å². The molecule has 2 aliphatic heterocycles. The Kier molecular flexibility index (Phi) is 5.74. The summed E-state index contributed by atoms with van der Waals surface area (Å²) in [5, 5.41) is 8.61. The second-order valence-electron chi connectivity index (χ2n) is 7.18. The molecule has 0 spiro atoms. The molecule has 0 saturated carbocycles. The van der Waals surface area contributed by atoms with Gasteiger partial charge in [0.25, 0.3) is 0 Å². The molecule has 0 radical (unpaired) electrons. The Morgan fingerprint density at radius 3 is 2.70 bits per heavy atom. The first kappa shape index (κ1) is 19.3. The van der Waals surface area contributed by atoms with E-state index in [0.717, 1.165) is 5.56 Å². The third kappa shape index (κ3) is 4.27. The molecule has 146 valence electrons. The first-order chi connectivity index (χ1) is 12.9. The van der Waals surface area contributed by atoms with Crippen molar-refractivity contribution < 1.29 is 18.8 Å². The van der Waals surface area contributed by atoms with Gasteiger partial charge in [-0.1, -0.05) is 12.1 Å². The van der Waals surface area contributed by atoms with Crippen molar-refractivity contribution in [3.63, 3.8) is 0 Å². The van der Waals surface area contributed by atoms with Gasteiger partial charge in [0.05, 0.1) is 6.04 Å². The molecular formula is C19H25FN4O3. The molecule has 0 aromatic heterocycles. The Labute approximate surface area is 157 Å². The van der Waals surface area contributed by atoms with Crippen LogP contribution < -0.4 is 16.0 Å². The Balaban J connectivity index is 1.63. The van der Waals surface area contributed by atoms with Gasteiger partial charge in [0.2, 0.25) is 17.7 Å². The van der Waals surface area contributed by atoms with Crippen LogP contribution in [-0.2, 0) is 20.8 Å². The molecule has 7 nitrogen and oxygen atoms in total. The number of fused-ring (bicyclic) bond motifs is 1. The summed E-state index contributed by atoms with van der Waals surface area (Å²) in [6.07, 6.45) is 1.35. The maximum atomic E-state index is 13.0. The highest BCUT2D eigenvalue weighted by Crippen LogP contribution is 2.23. The van der Waals surface area contributed by atoms with Gasteiger partial charge >= 0.3 is 0 Å². The molecule has 0 bridgehead atoms. The van der Waals surface area contributed by atoms with E-state index in [4.69, 9.17) is 0 Å². The second kappa shape index (κ2) is 8.04. The van der Waals surface area contributed by atoms with Gasteiger partial charge in [0.15, 0.2) is 0 Å². The van der Waals surface area contributed by atoms with Crippen LogP contribution >= 0.6 is 0 Å². The average molecular weight is 376 g/mol. The van der Waals surface area contributed by atoms with E-state index in [1.54, 1.807) is 31.0 Å². The Morgan fingerprint density at radius 1 is 1.33 bits per heavy atom. The molecule has 1 aromatic carbocycles. The summed E-state index contributed by atoms with van der Waals surface area (Å²) in [5.74, 6) is -0.790. The minimum Gasteiger partial charge on any atom is -0.352 e. The summed E-state index contributed by atoms with van der Waals surface area (Å²) in [6.45, 7) is 2.19. The molecule has 3 amide bonds. The van der Waals surface area contributed by atoms with Crippen LogP contribution in [0.5, 0.6) is 0 Å². The van der Waals surface area contributed by atoms with E-state index in [-0.39, 0.29) is 35.6 Å².